The molecule has 8 heteroatoms. The first-order valence-electron chi connectivity index (χ1n) is 7.97. The van der Waals surface area contributed by atoms with E-state index in [1.54, 1.807) is 36.4 Å². The summed E-state index contributed by atoms with van der Waals surface area (Å²) in [5.41, 5.74) is 7.63. The Morgan fingerprint density at radius 3 is 2.42 bits per heavy atom. The average Bonchev–Trinajstić information content (AvgIpc) is 2.61. The lowest BCUT2D eigenvalue weighted by atomic mass is 10.0. The van der Waals surface area contributed by atoms with E-state index in [9.17, 15) is 13.2 Å². The van der Waals surface area contributed by atoms with E-state index in [2.05, 4.69) is 10.0 Å². The zero-order chi connectivity index (χ0) is 19.3. The van der Waals surface area contributed by atoms with Crippen molar-refractivity contribution in [2.45, 2.75) is 24.3 Å². The van der Waals surface area contributed by atoms with E-state index in [1.165, 1.54) is 19.2 Å². The van der Waals surface area contributed by atoms with Crippen LogP contribution in [0.15, 0.2) is 53.4 Å². The molecule has 0 radical (unpaired) electrons. The monoisotopic (exact) mass is 374 g/mol. The number of rotatable bonds is 7. The molecule has 0 saturated heterocycles. The van der Waals surface area contributed by atoms with Gasteiger partial charge in [-0.2, -0.15) is 4.72 Å². The third-order valence-corrected chi connectivity index (χ3v) is 5.36. The van der Waals surface area contributed by atoms with Gasteiger partial charge in [0.05, 0.1) is 4.90 Å². The second kappa shape index (κ2) is 8.11. The van der Waals surface area contributed by atoms with Crippen LogP contribution in [0.4, 0.5) is 0 Å². The molecule has 2 rings (SSSR count). The van der Waals surface area contributed by atoms with Gasteiger partial charge in [-0.05, 0) is 37.1 Å². The molecule has 0 aliphatic carbocycles. The second-order valence-corrected chi connectivity index (χ2v) is 7.63. The lowest BCUT2D eigenvalue weighted by Crippen LogP contribution is -2.46. The first-order valence-corrected chi connectivity index (χ1v) is 9.45. The number of sulfonamides is 1. The predicted molar refractivity (Wildman–Crippen MR) is 101 cm³/mol. The minimum Gasteiger partial charge on any atom is -0.384 e. The maximum Gasteiger partial charge on any atom is 0.241 e. The summed E-state index contributed by atoms with van der Waals surface area (Å²) in [5.74, 6) is -0.544. The number of aryl methyl sites for hydroxylation is 1. The minimum absolute atomic E-state index is 0.0921. The van der Waals surface area contributed by atoms with Crippen LogP contribution in [0.2, 0.25) is 0 Å². The predicted octanol–water partition coefficient (Wildman–Crippen LogP) is 0.915. The van der Waals surface area contributed by atoms with Crippen molar-refractivity contribution in [1.82, 2.24) is 10.0 Å². The number of nitrogens with two attached hydrogens (primary N) is 1. The summed E-state index contributed by atoms with van der Waals surface area (Å²) < 4.78 is 27.6. The van der Waals surface area contributed by atoms with Crippen molar-refractivity contribution in [3.05, 3.63) is 65.2 Å². The third-order valence-electron chi connectivity index (χ3n) is 3.87. The Morgan fingerprint density at radius 1 is 1.19 bits per heavy atom. The normalized spacial score (nSPS) is 12.4. The van der Waals surface area contributed by atoms with E-state index >= 15 is 0 Å². The number of amidine groups is 1. The molecular formula is C18H22N4O3S. The first-order chi connectivity index (χ1) is 12.2. The molecule has 0 heterocycles. The van der Waals surface area contributed by atoms with Crippen LogP contribution in [-0.4, -0.2) is 33.3 Å². The lowest BCUT2D eigenvalue weighted by Gasteiger charge is -2.18. The van der Waals surface area contributed by atoms with Crippen molar-refractivity contribution in [2.75, 3.05) is 7.05 Å². The van der Waals surface area contributed by atoms with Gasteiger partial charge in [-0.1, -0.05) is 35.9 Å². The van der Waals surface area contributed by atoms with Crippen LogP contribution in [0.5, 0.6) is 0 Å². The van der Waals surface area contributed by atoms with E-state index in [-0.39, 0.29) is 17.2 Å². The average molecular weight is 374 g/mol. The van der Waals surface area contributed by atoms with Gasteiger partial charge in [0.2, 0.25) is 15.9 Å². The van der Waals surface area contributed by atoms with Gasteiger partial charge in [0, 0.05) is 12.6 Å². The van der Waals surface area contributed by atoms with Crippen LogP contribution in [0, 0.1) is 12.3 Å². The summed E-state index contributed by atoms with van der Waals surface area (Å²) in [6.07, 6.45) is 0.131. The summed E-state index contributed by atoms with van der Waals surface area (Å²) in [6, 6.07) is 12.2. The van der Waals surface area contributed by atoms with Crippen molar-refractivity contribution < 1.29 is 13.2 Å². The van der Waals surface area contributed by atoms with Gasteiger partial charge in [0.25, 0.3) is 0 Å². The van der Waals surface area contributed by atoms with E-state index in [1.807, 2.05) is 6.92 Å². The smallest absolute Gasteiger partial charge is 0.241 e. The van der Waals surface area contributed by atoms with Crippen molar-refractivity contribution >= 4 is 21.8 Å². The highest BCUT2D eigenvalue weighted by Crippen LogP contribution is 2.13. The fraction of sp³-hybridized carbons (Fsp3) is 0.222. The van der Waals surface area contributed by atoms with Crippen molar-refractivity contribution in [3.63, 3.8) is 0 Å². The van der Waals surface area contributed by atoms with Crippen LogP contribution in [0.1, 0.15) is 16.7 Å². The Kier molecular flexibility index (Phi) is 6.12. The van der Waals surface area contributed by atoms with Crippen molar-refractivity contribution in [1.29, 1.82) is 5.41 Å². The topological polar surface area (TPSA) is 125 Å². The second-order valence-electron chi connectivity index (χ2n) is 5.92. The van der Waals surface area contributed by atoms with Gasteiger partial charge in [-0.15, -0.1) is 0 Å². The van der Waals surface area contributed by atoms with Crippen LogP contribution < -0.4 is 15.8 Å². The number of amides is 1. The fourth-order valence-electron chi connectivity index (χ4n) is 2.44. The number of carbonyl (C=O) groups excluding carboxylic acids is 1. The third kappa shape index (κ3) is 4.90. The molecule has 2 aromatic rings. The summed E-state index contributed by atoms with van der Waals surface area (Å²) in [6.45, 7) is 1.86. The highest BCUT2D eigenvalue weighted by atomic mass is 32.2. The van der Waals surface area contributed by atoms with Crippen LogP contribution in [0.3, 0.4) is 0 Å². The zero-order valence-electron chi connectivity index (χ0n) is 14.6. The Balaban J connectivity index is 2.27. The van der Waals surface area contributed by atoms with Crippen LogP contribution in [-0.2, 0) is 21.2 Å². The van der Waals surface area contributed by atoms with Gasteiger partial charge < -0.3 is 11.1 Å². The number of hydrogen-bond acceptors (Lipinski definition) is 4. The van der Waals surface area contributed by atoms with Gasteiger partial charge >= 0.3 is 0 Å². The highest BCUT2D eigenvalue weighted by Gasteiger charge is 2.25. The summed E-state index contributed by atoms with van der Waals surface area (Å²) in [7, 11) is -2.41. The van der Waals surface area contributed by atoms with E-state index in [0.29, 0.717) is 11.1 Å². The molecule has 0 aliphatic heterocycles. The minimum atomic E-state index is -3.86. The van der Waals surface area contributed by atoms with Crippen LogP contribution >= 0.6 is 0 Å². The summed E-state index contributed by atoms with van der Waals surface area (Å²) >= 11 is 0. The van der Waals surface area contributed by atoms with Gasteiger partial charge in [0.15, 0.2) is 0 Å². The van der Waals surface area contributed by atoms with E-state index < -0.39 is 22.0 Å². The Bertz CT molecular complexity index is 908. The molecule has 7 nitrogen and oxygen atoms in total. The summed E-state index contributed by atoms with van der Waals surface area (Å²) in [4.78, 5) is 12.3. The number of hydrogen-bond donors (Lipinski definition) is 4. The SMILES string of the molecule is CNC(=O)C(Cc1cccc(C(=N)N)c1)NS(=O)(=O)c1ccc(C)cc1. The van der Waals surface area contributed by atoms with Gasteiger partial charge in [-0.3, -0.25) is 10.2 Å². The molecule has 1 atom stereocenters. The van der Waals surface area contributed by atoms with Crippen molar-refractivity contribution in [2.24, 2.45) is 5.73 Å². The first kappa shape index (κ1) is 19.6. The Labute approximate surface area is 153 Å². The van der Waals surface area contributed by atoms with E-state index in [0.717, 1.165) is 5.56 Å². The largest absolute Gasteiger partial charge is 0.384 e. The molecule has 0 aromatic heterocycles. The molecule has 1 amide bonds. The lowest BCUT2D eigenvalue weighted by molar-refractivity contribution is -0.122. The molecule has 0 spiro atoms. The quantitative estimate of drug-likeness (QED) is 0.425. The van der Waals surface area contributed by atoms with Crippen molar-refractivity contribution in [3.8, 4) is 0 Å². The number of nitrogens with one attached hydrogen (secondary N) is 3. The molecule has 0 saturated carbocycles. The Hall–Kier alpha value is -2.71. The molecule has 0 bridgehead atoms. The molecule has 2 aromatic carbocycles. The number of benzene rings is 2. The van der Waals surface area contributed by atoms with Gasteiger partial charge in [-0.25, -0.2) is 8.42 Å². The number of carbonyl (C=O) groups is 1. The molecule has 0 fully saturated rings. The summed E-state index contributed by atoms with van der Waals surface area (Å²) in [5, 5.41) is 9.97. The molecule has 26 heavy (non-hydrogen) atoms. The molecule has 0 aliphatic rings. The maximum atomic E-state index is 12.6. The van der Waals surface area contributed by atoms with Crippen LogP contribution in [0.25, 0.3) is 0 Å². The van der Waals surface area contributed by atoms with Gasteiger partial charge in [0.1, 0.15) is 11.9 Å². The van der Waals surface area contributed by atoms with E-state index in [4.69, 9.17) is 11.1 Å². The molecular weight excluding hydrogens is 352 g/mol. The number of nitrogen functional groups attached to an aromatic ring is 1. The number of likely N-dealkylation sites (N-methyl/N-ethyl adjacent to an activating group) is 1. The molecule has 138 valence electrons. The molecule has 5 N–H and O–H groups in total. The molecule has 1 unspecified atom stereocenters. The standard InChI is InChI=1S/C18H22N4O3S/c1-12-6-8-15(9-7-12)26(24,25)22-16(18(23)21-2)11-13-4-3-5-14(10-13)17(19)20/h3-10,16,22H,11H2,1-2H3,(H3,19,20)(H,21,23). The fourth-order valence-corrected chi connectivity index (χ4v) is 3.63. The Morgan fingerprint density at radius 2 is 1.85 bits per heavy atom. The maximum absolute atomic E-state index is 12.6. The zero-order valence-corrected chi connectivity index (χ0v) is 15.4. The highest BCUT2D eigenvalue weighted by molar-refractivity contribution is 7.89.